The van der Waals surface area contributed by atoms with Gasteiger partial charge in [-0.15, -0.1) is 11.3 Å². The highest BCUT2D eigenvalue weighted by Crippen LogP contribution is 2.29. The highest BCUT2D eigenvalue weighted by Gasteiger charge is 2.09. The second-order valence-electron chi connectivity index (χ2n) is 5.07. The summed E-state index contributed by atoms with van der Waals surface area (Å²) in [5, 5.41) is 4.63. The Morgan fingerprint density at radius 3 is 2.57 bits per heavy atom. The molecule has 3 nitrogen and oxygen atoms in total. The van der Waals surface area contributed by atoms with Crippen molar-refractivity contribution in [3.05, 3.63) is 38.8 Å². The molecule has 0 spiro atoms. The van der Waals surface area contributed by atoms with Crippen LogP contribution in [0.4, 0.5) is 10.8 Å². The molecule has 0 amide bonds. The number of rotatable bonds is 6. The van der Waals surface area contributed by atoms with Crippen LogP contribution >= 0.6 is 27.3 Å². The summed E-state index contributed by atoms with van der Waals surface area (Å²) in [6.45, 7) is 11.4. The van der Waals surface area contributed by atoms with Crippen molar-refractivity contribution in [2.24, 2.45) is 0 Å². The first-order valence-corrected chi connectivity index (χ1v) is 8.86. The Bertz CT molecular complexity index is 582. The van der Waals surface area contributed by atoms with E-state index in [2.05, 4.69) is 71.0 Å². The Morgan fingerprint density at radius 1 is 1.24 bits per heavy atom. The van der Waals surface area contributed by atoms with E-state index in [1.807, 2.05) is 6.20 Å². The van der Waals surface area contributed by atoms with Crippen molar-refractivity contribution in [1.82, 2.24) is 4.98 Å². The van der Waals surface area contributed by atoms with Gasteiger partial charge in [-0.2, -0.15) is 0 Å². The van der Waals surface area contributed by atoms with E-state index in [0.29, 0.717) is 0 Å². The minimum Gasteiger partial charge on any atom is -0.379 e. The van der Waals surface area contributed by atoms with Crippen LogP contribution in [0.15, 0.2) is 22.8 Å². The van der Waals surface area contributed by atoms with Gasteiger partial charge in [-0.25, -0.2) is 4.98 Å². The van der Waals surface area contributed by atoms with Crippen LogP contribution in [0.5, 0.6) is 0 Å². The van der Waals surface area contributed by atoms with Gasteiger partial charge in [0.05, 0.1) is 12.2 Å². The van der Waals surface area contributed by atoms with Crippen LogP contribution < -0.4 is 10.2 Å². The Hall–Kier alpha value is -1.07. The summed E-state index contributed by atoms with van der Waals surface area (Å²) < 4.78 is 1.12. The number of aromatic nitrogens is 1. The van der Waals surface area contributed by atoms with Crippen molar-refractivity contribution in [2.75, 3.05) is 23.3 Å². The van der Waals surface area contributed by atoms with Gasteiger partial charge in [0.15, 0.2) is 5.13 Å². The number of nitrogens with zero attached hydrogens (tertiary/aromatic N) is 2. The molecule has 114 valence electrons. The highest BCUT2D eigenvalue weighted by atomic mass is 79.9. The minimum atomic E-state index is 0.807. The minimum absolute atomic E-state index is 0.807. The van der Waals surface area contributed by atoms with Crippen molar-refractivity contribution < 1.29 is 0 Å². The number of benzene rings is 1. The van der Waals surface area contributed by atoms with E-state index in [9.17, 15) is 0 Å². The molecular weight excluding hydrogens is 346 g/mol. The third kappa shape index (κ3) is 3.98. The number of anilines is 2. The van der Waals surface area contributed by atoms with Gasteiger partial charge < -0.3 is 10.2 Å². The van der Waals surface area contributed by atoms with Gasteiger partial charge in [-0.1, -0.05) is 6.07 Å². The fraction of sp³-hybridized carbons (Fsp3) is 0.438. The maximum atomic E-state index is 4.52. The van der Waals surface area contributed by atoms with E-state index in [1.165, 1.54) is 21.7 Å². The molecule has 0 aliphatic rings. The summed E-state index contributed by atoms with van der Waals surface area (Å²) in [7, 11) is 0. The van der Waals surface area contributed by atoms with E-state index in [-0.39, 0.29) is 0 Å². The molecule has 0 radical (unpaired) electrons. The lowest BCUT2D eigenvalue weighted by molar-refractivity contribution is 0.860. The first kappa shape index (κ1) is 16.3. The molecule has 1 aromatic carbocycles. The number of thiazole rings is 1. The van der Waals surface area contributed by atoms with Crippen LogP contribution in [0.2, 0.25) is 0 Å². The van der Waals surface area contributed by atoms with Crippen LogP contribution in [0, 0.1) is 13.8 Å². The molecule has 2 aromatic rings. The zero-order chi connectivity index (χ0) is 15.4. The molecule has 1 aromatic heterocycles. The van der Waals surface area contributed by atoms with E-state index >= 15 is 0 Å². The number of aryl methyl sites for hydroxylation is 2. The summed E-state index contributed by atoms with van der Waals surface area (Å²) in [6, 6.07) is 4.34. The van der Waals surface area contributed by atoms with Crippen molar-refractivity contribution >= 4 is 38.1 Å². The maximum Gasteiger partial charge on any atom is 0.185 e. The summed E-state index contributed by atoms with van der Waals surface area (Å²) >= 11 is 5.40. The molecule has 0 aliphatic heterocycles. The number of nitrogens with one attached hydrogen (secondary N) is 1. The van der Waals surface area contributed by atoms with Crippen molar-refractivity contribution in [1.29, 1.82) is 0 Å². The predicted molar refractivity (Wildman–Crippen MR) is 96.6 cm³/mol. The molecule has 21 heavy (non-hydrogen) atoms. The van der Waals surface area contributed by atoms with Crippen LogP contribution in [0.1, 0.15) is 29.9 Å². The maximum absolute atomic E-state index is 4.52. The Morgan fingerprint density at radius 2 is 1.95 bits per heavy atom. The molecule has 0 atom stereocenters. The average Bonchev–Trinajstić information content (AvgIpc) is 2.87. The van der Waals surface area contributed by atoms with Crippen LogP contribution in [0.3, 0.4) is 0 Å². The topological polar surface area (TPSA) is 28.2 Å². The monoisotopic (exact) mass is 367 g/mol. The number of hydrogen-bond donors (Lipinski definition) is 1. The lowest BCUT2D eigenvalue weighted by Crippen LogP contribution is -2.21. The quantitative estimate of drug-likeness (QED) is 0.779. The van der Waals surface area contributed by atoms with Crippen molar-refractivity contribution in [3.63, 3.8) is 0 Å². The Kier molecular flexibility index (Phi) is 5.65. The van der Waals surface area contributed by atoms with E-state index in [1.54, 1.807) is 11.3 Å². The van der Waals surface area contributed by atoms with Crippen LogP contribution in [-0.2, 0) is 6.54 Å². The summed E-state index contributed by atoms with van der Waals surface area (Å²) in [6.07, 6.45) is 1.97. The summed E-state index contributed by atoms with van der Waals surface area (Å²) in [5.74, 6) is 0. The fourth-order valence-corrected chi connectivity index (χ4v) is 4.13. The van der Waals surface area contributed by atoms with Gasteiger partial charge in [0.2, 0.25) is 0 Å². The van der Waals surface area contributed by atoms with Crippen LogP contribution in [-0.4, -0.2) is 18.1 Å². The Labute approximate surface area is 139 Å². The molecule has 0 saturated carbocycles. The number of hydrogen-bond acceptors (Lipinski definition) is 4. The predicted octanol–water partition coefficient (Wildman–Crippen LogP) is 4.98. The van der Waals surface area contributed by atoms with Gasteiger partial charge in [0.1, 0.15) is 0 Å². The van der Waals surface area contributed by atoms with Gasteiger partial charge >= 0.3 is 0 Å². The molecule has 0 saturated heterocycles. The van der Waals surface area contributed by atoms with Crippen molar-refractivity contribution in [3.8, 4) is 0 Å². The molecule has 0 fully saturated rings. The Balaban J connectivity index is 2.07. The second kappa shape index (κ2) is 7.27. The number of halogens is 1. The molecule has 1 heterocycles. The molecule has 1 N–H and O–H groups in total. The van der Waals surface area contributed by atoms with Gasteiger partial charge in [0.25, 0.3) is 0 Å². The first-order valence-electron chi connectivity index (χ1n) is 7.25. The second-order valence-corrected chi connectivity index (χ2v) is 7.02. The lowest BCUT2D eigenvalue weighted by atomic mass is 10.1. The zero-order valence-corrected chi connectivity index (χ0v) is 15.4. The molecule has 2 rings (SSSR count). The normalized spacial score (nSPS) is 10.7. The third-order valence-electron chi connectivity index (χ3n) is 3.45. The largest absolute Gasteiger partial charge is 0.379 e. The van der Waals surface area contributed by atoms with Gasteiger partial charge in [0, 0.05) is 28.6 Å². The third-order valence-corrected chi connectivity index (χ3v) is 5.13. The molecule has 0 bridgehead atoms. The van der Waals surface area contributed by atoms with Gasteiger partial charge in [-0.05, 0) is 60.8 Å². The molecular formula is C16H22BrN3S. The highest BCUT2D eigenvalue weighted by molar-refractivity contribution is 9.10. The zero-order valence-electron chi connectivity index (χ0n) is 13.0. The van der Waals surface area contributed by atoms with E-state index < -0.39 is 0 Å². The lowest BCUT2D eigenvalue weighted by Gasteiger charge is -2.16. The SMILES string of the molecule is CCN(CC)c1ncc(CNc2c(C)cc(C)cc2Br)s1. The molecule has 5 heteroatoms. The smallest absolute Gasteiger partial charge is 0.185 e. The molecule has 0 aliphatic carbocycles. The van der Waals surface area contributed by atoms with Crippen LogP contribution in [0.25, 0.3) is 0 Å². The standard InChI is InChI=1S/C16H22BrN3S/c1-5-20(6-2)16-19-10-13(21-16)9-18-15-12(4)7-11(3)8-14(15)17/h7-8,10,18H,5-6,9H2,1-4H3. The fourth-order valence-electron chi connectivity index (χ4n) is 2.33. The molecule has 0 unspecified atom stereocenters. The van der Waals surface area contributed by atoms with E-state index in [4.69, 9.17) is 0 Å². The van der Waals surface area contributed by atoms with Crippen molar-refractivity contribution in [2.45, 2.75) is 34.2 Å². The summed E-state index contributed by atoms with van der Waals surface area (Å²) in [5.41, 5.74) is 3.69. The van der Waals surface area contributed by atoms with Gasteiger partial charge in [-0.3, -0.25) is 0 Å². The average molecular weight is 368 g/mol. The first-order chi connectivity index (χ1) is 10.0. The van der Waals surface area contributed by atoms with E-state index in [0.717, 1.165) is 29.2 Å². The summed E-state index contributed by atoms with van der Waals surface area (Å²) in [4.78, 5) is 8.05.